The second kappa shape index (κ2) is 8.67. The van der Waals surface area contributed by atoms with E-state index in [1.807, 2.05) is 0 Å². The highest BCUT2D eigenvalue weighted by atomic mass is 35.5. The topological polar surface area (TPSA) is 98.8 Å². The summed E-state index contributed by atoms with van der Waals surface area (Å²) < 4.78 is 10.1. The lowest BCUT2D eigenvalue weighted by Crippen LogP contribution is -2.40. The summed E-state index contributed by atoms with van der Waals surface area (Å²) in [5.74, 6) is -1.41. The molecule has 0 saturated heterocycles. The highest BCUT2D eigenvalue weighted by molar-refractivity contribution is 6.39. The SMILES string of the molecule is CC(C)(C)OC(=O)C(N)CC(O)COC(=O)c1c(Cl)cccc1Cl. The Balaban J connectivity index is 2.53. The van der Waals surface area contributed by atoms with Crippen molar-refractivity contribution in [2.45, 2.75) is 44.9 Å². The molecule has 0 bridgehead atoms. The highest BCUT2D eigenvalue weighted by Gasteiger charge is 2.25. The Kier molecular flexibility index (Phi) is 7.48. The van der Waals surface area contributed by atoms with Crippen molar-refractivity contribution in [2.75, 3.05) is 6.61 Å². The summed E-state index contributed by atoms with van der Waals surface area (Å²) in [5.41, 5.74) is 5.02. The van der Waals surface area contributed by atoms with Crippen LogP contribution in [0.25, 0.3) is 0 Å². The average Bonchev–Trinajstić information content (AvgIpc) is 2.43. The van der Waals surface area contributed by atoms with Crippen LogP contribution < -0.4 is 5.73 Å². The maximum atomic E-state index is 12.0. The van der Waals surface area contributed by atoms with Crippen molar-refractivity contribution in [1.29, 1.82) is 0 Å². The molecule has 1 aromatic carbocycles. The van der Waals surface area contributed by atoms with Crippen LogP contribution in [-0.2, 0) is 14.3 Å². The van der Waals surface area contributed by atoms with Gasteiger partial charge in [0.15, 0.2) is 0 Å². The Morgan fingerprint density at radius 3 is 2.29 bits per heavy atom. The third-order valence-electron chi connectivity index (χ3n) is 2.81. The number of halogens is 2. The van der Waals surface area contributed by atoms with Crippen LogP contribution in [0.15, 0.2) is 18.2 Å². The molecule has 0 amide bonds. The molecule has 0 heterocycles. The number of hydrogen-bond donors (Lipinski definition) is 2. The molecule has 1 aromatic rings. The predicted molar refractivity (Wildman–Crippen MR) is 91.2 cm³/mol. The summed E-state index contributed by atoms with van der Waals surface area (Å²) in [6, 6.07) is 3.57. The lowest BCUT2D eigenvalue weighted by molar-refractivity contribution is -0.157. The monoisotopic (exact) mass is 377 g/mol. The maximum absolute atomic E-state index is 12.0. The molecule has 0 aromatic heterocycles. The molecule has 1 rings (SSSR count). The minimum absolute atomic E-state index is 0.0180. The Labute approximate surface area is 150 Å². The van der Waals surface area contributed by atoms with Gasteiger partial charge in [0, 0.05) is 6.42 Å². The van der Waals surface area contributed by atoms with E-state index in [0.29, 0.717) is 0 Å². The summed E-state index contributed by atoms with van der Waals surface area (Å²) in [5, 5.41) is 10.2. The molecule has 134 valence electrons. The molecule has 0 aliphatic heterocycles. The molecule has 2 atom stereocenters. The van der Waals surface area contributed by atoms with Gasteiger partial charge in [-0.15, -0.1) is 0 Å². The van der Waals surface area contributed by atoms with Crippen molar-refractivity contribution in [3.63, 3.8) is 0 Å². The number of benzene rings is 1. The van der Waals surface area contributed by atoms with E-state index in [0.717, 1.165) is 0 Å². The first-order valence-electron chi connectivity index (χ1n) is 7.29. The number of hydrogen-bond acceptors (Lipinski definition) is 6. The average molecular weight is 378 g/mol. The molecule has 0 aliphatic rings. The zero-order valence-corrected chi connectivity index (χ0v) is 15.2. The van der Waals surface area contributed by atoms with Gasteiger partial charge in [-0.3, -0.25) is 4.79 Å². The van der Waals surface area contributed by atoms with Gasteiger partial charge in [0.2, 0.25) is 0 Å². The molecule has 2 unspecified atom stereocenters. The summed E-state index contributed by atoms with van der Waals surface area (Å²) in [6.45, 7) is 4.78. The lowest BCUT2D eigenvalue weighted by Gasteiger charge is -2.23. The molecule has 0 spiro atoms. The molecule has 0 saturated carbocycles. The third-order valence-corrected chi connectivity index (χ3v) is 3.44. The Hall–Kier alpha value is -1.34. The molecule has 6 nitrogen and oxygen atoms in total. The van der Waals surface area contributed by atoms with E-state index >= 15 is 0 Å². The fraction of sp³-hybridized carbons (Fsp3) is 0.500. The van der Waals surface area contributed by atoms with Crippen LogP contribution in [0.3, 0.4) is 0 Å². The van der Waals surface area contributed by atoms with E-state index in [2.05, 4.69) is 0 Å². The van der Waals surface area contributed by atoms with Gasteiger partial charge in [0.25, 0.3) is 0 Å². The number of carbonyl (C=O) groups excluding carboxylic acids is 2. The first-order valence-corrected chi connectivity index (χ1v) is 8.04. The van der Waals surface area contributed by atoms with Crippen molar-refractivity contribution in [3.8, 4) is 0 Å². The number of esters is 2. The van der Waals surface area contributed by atoms with Gasteiger partial charge >= 0.3 is 11.9 Å². The quantitative estimate of drug-likeness (QED) is 0.739. The Bertz CT molecular complexity index is 580. The summed E-state index contributed by atoms with van der Waals surface area (Å²) in [4.78, 5) is 23.7. The van der Waals surface area contributed by atoms with Gasteiger partial charge in [-0.25, -0.2) is 4.79 Å². The molecule has 0 fully saturated rings. The van der Waals surface area contributed by atoms with Gasteiger partial charge in [0.05, 0.1) is 21.7 Å². The van der Waals surface area contributed by atoms with Crippen molar-refractivity contribution < 1.29 is 24.2 Å². The number of ether oxygens (including phenoxy) is 2. The second-order valence-electron chi connectivity index (χ2n) is 6.22. The predicted octanol–water partition coefficient (Wildman–Crippen LogP) is 2.57. The second-order valence-corrected chi connectivity index (χ2v) is 7.04. The van der Waals surface area contributed by atoms with Crippen LogP contribution in [-0.4, -0.2) is 41.4 Å². The minimum Gasteiger partial charge on any atom is -0.459 e. The van der Waals surface area contributed by atoms with Gasteiger partial charge in [-0.05, 0) is 32.9 Å². The Morgan fingerprint density at radius 1 is 1.25 bits per heavy atom. The van der Waals surface area contributed by atoms with Crippen LogP contribution >= 0.6 is 23.2 Å². The number of carbonyl (C=O) groups is 2. The van der Waals surface area contributed by atoms with E-state index in [4.69, 9.17) is 38.4 Å². The summed E-state index contributed by atoms with van der Waals surface area (Å²) in [7, 11) is 0. The normalized spacial score (nSPS) is 14.0. The van der Waals surface area contributed by atoms with Gasteiger partial charge < -0.3 is 20.3 Å². The van der Waals surface area contributed by atoms with E-state index < -0.39 is 29.7 Å². The Morgan fingerprint density at radius 2 is 1.79 bits per heavy atom. The fourth-order valence-electron chi connectivity index (χ4n) is 1.77. The molecule has 0 aliphatic carbocycles. The van der Waals surface area contributed by atoms with E-state index in [-0.39, 0.29) is 28.6 Å². The number of nitrogens with two attached hydrogens (primary N) is 1. The largest absolute Gasteiger partial charge is 0.459 e. The van der Waals surface area contributed by atoms with Crippen molar-refractivity contribution in [3.05, 3.63) is 33.8 Å². The highest BCUT2D eigenvalue weighted by Crippen LogP contribution is 2.25. The smallest absolute Gasteiger partial charge is 0.341 e. The standard InChI is InChI=1S/C16H21Cl2NO5/c1-16(2,3)24-14(21)12(19)7-9(20)8-23-15(22)13-10(17)5-4-6-11(13)18/h4-6,9,12,20H,7-8,19H2,1-3H3. The van der Waals surface area contributed by atoms with Crippen molar-refractivity contribution in [1.82, 2.24) is 0 Å². The van der Waals surface area contributed by atoms with Crippen LogP contribution in [0.1, 0.15) is 37.6 Å². The van der Waals surface area contributed by atoms with Crippen molar-refractivity contribution >= 4 is 35.1 Å². The fourth-order valence-corrected chi connectivity index (χ4v) is 2.32. The number of rotatable bonds is 6. The van der Waals surface area contributed by atoms with E-state index in [1.165, 1.54) is 12.1 Å². The third kappa shape index (κ3) is 6.65. The van der Waals surface area contributed by atoms with E-state index in [9.17, 15) is 14.7 Å². The van der Waals surface area contributed by atoms with Crippen LogP contribution in [0.5, 0.6) is 0 Å². The molecule has 3 N–H and O–H groups in total. The minimum atomic E-state index is -1.13. The van der Waals surface area contributed by atoms with Crippen molar-refractivity contribution in [2.24, 2.45) is 5.73 Å². The first-order chi connectivity index (χ1) is 11.0. The van der Waals surface area contributed by atoms with Crippen LogP contribution in [0.2, 0.25) is 10.0 Å². The maximum Gasteiger partial charge on any atom is 0.341 e. The van der Waals surface area contributed by atoms with Crippen LogP contribution in [0.4, 0.5) is 0 Å². The van der Waals surface area contributed by atoms with Crippen LogP contribution in [0, 0.1) is 0 Å². The molecule has 24 heavy (non-hydrogen) atoms. The summed E-state index contributed by atoms with van der Waals surface area (Å²) in [6.07, 6.45) is -1.24. The van der Waals surface area contributed by atoms with Gasteiger partial charge in [-0.1, -0.05) is 29.3 Å². The zero-order chi connectivity index (χ0) is 18.5. The number of aliphatic hydroxyl groups excluding tert-OH is 1. The molecule has 8 heteroatoms. The van der Waals surface area contributed by atoms with E-state index in [1.54, 1.807) is 26.8 Å². The molecular formula is C16H21Cl2NO5. The summed E-state index contributed by atoms with van der Waals surface area (Å²) >= 11 is 11.8. The first kappa shape index (κ1) is 20.7. The zero-order valence-electron chi connectivity index (χ0n) is 13.7. The molecular weight excluding hydrogens is 357 g/mol. The number of aliphatic hydroxyl groups is 1. The van der Waals surface area contributed by atoms with Gasteiger partial charge in [0.1, 0.15) is 18.2 Å². The lowest BCUT2D eigenvalue weighted by atomic mass is 10.1. The van der Waals surface area contributed by atoms with Gasteiger partial charge in [-0.2, -0.15) is 0 Å². The molecule has 0 radical (unpaired) electrons.